The highest BCUT2D eigenvalue weighted by Crippen LogP contribution is 2.48. The van der Waals surface area contributed by atoms with Crippen LogP contribution in [0.25, 0.3) is 0 Å². The maximum Gasteiger partial charge on any atom is 0.338 e. The molecule has 0 fully saturated rings. The van der Waals surface area contributed by atoms with Crippen molar-refractivity contribution >= 4 is 28.7 Å². The SMILES string of the molecule is CCOC(=O)C1=C(Nc2ccccc2)C[C@@H](c2cccc([N+](=O)[O-])c2)N(c2ccccc2)[C@H]1c1cccc([N+](=O)[O-])c1. The van der Waals surface area contributed by atoms with Gasteiger partial charge in [0.2, 0.25) is 0 Å². The Labute approximate surface area is 242 Å². The highest BCUT2D eigenvalue weighted by atomic mass is 16.6. The Morgan fingerprint density at radius 2 is 1.40 bits per heavy atom. The zero-order valence-electron chi connectivity index (χ0n) is 22.8. The molecule has 0 saturated carbocycles. The lowest BCUT2D eigenvalue weighted by molar-refractivity contribution is -0.385. The molecule has 1 N–H and O–H groups in total. The molecule has 5 rings (SSSR count). The topological polar surface area (TPSA) is 128 Å². The summed E-state index contributed by atoms with van der Waals surface area (Å²) in [5, 5.41) is 26.9. The minimum absolute atomic E-state index is 0.0647. The molecule has 212 valence electrons. The van der Waals surface area contributed by atoms with Gasteiger partial charge in [-0.3, -0.25) is 20.2 Å². The first kappa shape index (κ1) is 28.0. The number of nitrogens with zero attached hydrogens (tertiary/aromatic N) is 3. The first-order valence-corrected chi connectivity index (χ1v) is 13.4. The summed E-state index contributed by atoms with van der Waals surface area (Å²) >= 11 is 0. The van der Waals surface area contributed by atoms with E-state index in [1.165, 1.54) is 24.3 Å². The van der Waals surface area contributed by atoms with Crippen molar-refractivity contribution in [3.8, 4) is 0 Å². The number of nitro groups is 2. The van der Waals surface area contributed by atoms with Gasteiger partial charge in [-0.05, 0) is 42.3 Å². The quantitative estimate of drug-likeness (QED) is 0.129. The van der Waals surface area contributed by atoms with Crippen LogP contribution in [-0.2, 0) is 9.53 Å². The van der Waals surface area contributed by atoms with E-state index in [9.17, 15) is 25.0 Å². The molecular weight excluding hydrogens is 536 g/mol. The third-order valence-electron chi connectivity index (χ3n) is 7.09. The summed E-state index contributed by atoms with van der Waals surface area (Å²) in [5.41, 5.74) is 3.27. The molecule has 4 aromatic rings. The van der Waals surface area contributed by atoms with Crippen molar-refractivity contribution < 1.29 is 19.4 Å². The molecule has 0 saturated heterocycles. The van der Waals surface area contributed by atoms with Gasteiger partial charge in [-0.25, -0.2) is 4.79 Å². The van der Waals surface area contributed by atoms with Gasteiger partial charge < -0.3 is 15.0 Å². The average Bonchev–Trinajstić information content (AvgIpc) is 3.01. The molecule has 10 nitrogen and oxygen atoms in total. The Hall–Kier alpha value is -5.51. The van der Waals surface area contributed by atoms with Crippen molar-refractivity contribution in [2.45, 2.75) is 25.4 Å². The van der Waals surface area contributed by atoms with Gasteiger partial charge in [0, 0.05) is 47.8 Å². The molecule has 0 bridgehead atoms. The predicted molar refractivity (Wildman–Crippen MR) is 159 cm³/mol. The van der Waals surface area contributed by atoms with Crippen molar-refractivity contribution in [3.05, 3.63) is 152 Å². The summed E-state index contributed by atoms with van der Waals surface area (Å²) in [6.07, 6.45) is 0.268. The van der Waals surface area contributed by atoms with Gasteiger partial charge in [0.25, 0.3) is 11.4 Å². The van der Waals surface area contributed by atoms with E-state index < -0.39 is 27.9 Å². The van der Waals surface area contributed by atoms with Gasteiger partial charge in [0.15, 0.2) is 0 Å². The number of para-hydroxylation sites is 2. The number of esters is 1. The molecule has 0 spiro atoms. The Morgan fingerprint density at radius 1 is 0.833 bits per heavy atom. The largest absolute Gasteiger partial charge is 0.463 e. The molecule has 1 aliphatic heterocycles. The van der Waals surface area contributed by atoms with Gasteiger partial charge in [0.1, 0.15) is 0 Å². The molecule has 0 amide bonds. The van der Waals surface area contributed by atoms with Crippen LogP contribution < -0.4 is 10.2 Å². The van der Waals surface area contributed by atoms with Crippen LogP contribution in [0.1, 0.15) is 36.6 Å². The summed E-state index contributed by atoms with van der Waals surface area (Å²) < 4.78 is 5.57. The molecule has 10 heteroatoms. The van der Waals surface area contributed by atoms with Crippen molar-refractivity contribution in [3.63, 3.8) is 0 Å². The molecule has 0 radical (unpaired) electrons. The number of anilines is 2. The first-order chi connectivity index (χ1) is 20.4. The summed E-state index contributed by atoms with van der Waals surface area (Å²) in [6.45, 7) is 1.84. The van der Waals surface area contributed by atoms with Crippen molar-refractivity contribution in [1.29, 1.82) is 0 Å². The van der Waals surface area contributed by atoms with Crippen LogP contribution in [0.15, 0.2) is 120 Å². The van der Waals surface area contributed by atoms with Gasteiger partial charge in [-0.2, -0.15) is 0 Å². The van der Waals surface area contributed by atoms with Gasteiger partial charge >= 0.3 is 5.97 Å². The Bertz CT molecular complexity index is 1640. The van der Waals surface area contributed by atoms with E-state index >= 15 is 0 Å². The summed E-state index contributed by atoms with van der Waals surface area (Å²) in [7, 11) is 0. The lowest BCUT2D eigenvalue weighted by Crippen LogP contribution is -2.41. The van der Waals surface area contributed by atoms with Crippen LogP contribution in [0.4, 0.5) is 22.7 Å². The molecule has 2 atom stereocenters. The van der Waals surface area contributed by atoms with E-state index in [4.69, 9.17) is 4.74 Å². The zero-order valence-corrected chi connectivity index (χ0v) is 22.8. The summed E-state index contributed by atoms with van der Waals surface area (Å²) in [4.78, 5) is 38.4. The predicted octanol–water partition coefficient (Wildman–Crippen LogP) is 7.13. The van der Waals surface area contributed by atoms with Crippen LogP contribution >= 0.6 is 0 Å². The number of hydrogen-bond acceptors (Lipinski definition) is 8. The second-order valence-corrected chi connectivity index (χ2v) is 9.67. The normalized spacial score (nSPS) is 16.5. The maximum atomic E-state index is 13.8. The lowest BCUT2D eigenvalue weighted by Gasteiger charge is -2.45. The Balaban J connectivity index is 1.81. The molecule has 0 aromatic heterocycles. The van der Waals surface area contributed by atoms with Crippen LogP contribution in [0.2, 0.25) is 0 Å². The number of ether oxygens (including phenoxy) is 1. The Morgan fingerprint density at radius 3 is 2.00 bits per heavy atom. The fourth-order valence-corrected chi connectivity index (χ4v) is 5.33. The van der Waals surface area contributed by atoms with Crippen LogP contribution in [0, 0.1) is 20.2 Å². The number of hydrogen-bond donors (Lipinski definition) is 1. The van der Waals surface area contributed by atoms with E-state index in [1.54, 1.807) is 25.1 Å². The molecule has 42 heavy (non-hydrogen) atoms. The molecule has 0 aliphatic carbocycles. The van der Waals surface area contributed by atoms with E-state index in [1.807, 2.05) is 71.6 Å². The smallest absolute Gasteiger partial charge is 0.338 e. The molecule has 0 unspecified atom stereocenters. The standard InChI is InChI=1S/C32H28N4O6/c1-2-42-32(37)30-28(33-24-13-5-3-6-14-24)21-29(22-11-9-17-26(19-22)35(38)39)34(25-15-7-4-8-16-25)31(30)23-12-10-18-27(20-23)36(40)41/h3-20,29,31,33H,2,21H2,1H3/t29-,31-/m0/s1. The number of carbonyl (C=O) groups is 1. The first-order valence-electron chi connectivity index (χ1n) is 13.4. The fourth-order valence-electron chi connectivity index (χ4n) is 5.33. The third-order valence-corrected chi connectivity index (χ3v) is 7.09. The number of nitrogens with one attached hydrogen (secondary N) is 1. The Kier molecular flexibility index (Phi) is 8.24. The number of rotatable bonds is 9. The second-order valence-electron chi connectivity index (χ2n) is 9.67. The molecular formula is C32H28N4O6. The van der Waals surface area contributed by atoms with Gasteiger partial charge in [-0.1, -0.05) is 60.7 Å². The van der Waals surface area contributed by atoms with Crippen LogP contribution in [0.3, 0.4) is 0 Å². The number of carbonyl (C=O) groups excluding carboxylic acids is 1. The third kappa shape index (κ3) is 5.83. The zero-order chi connectivity index (χ0) is 29.6. The molecule has 1 heterocycles. The van der Waals surface area contributed by atoms with E-state index in [2.05, 4.69) is 5.32 Å². The van der Waals surface area contributed by atoms with Crippen molar-refractivity contribution in [2.24, 2.45) is 0 Å². The number of nitro benzene ring substituents is 2. The summed E-state index contributed by atoms with van der Waals surface area (Å²) in [6, 6.07) is 29.9. The van der Waals surface area contributed by atoms with Gasteiger partial charge in [-0.15, -0.1) is 0 Å². The summed E-state index contributed by atoms with van der Waals surface area (Å²) in [5.74, 6) is -0.564. The molecule has 1 aliphatic rings. The van der Waals surface area contributed by atoms with E-state index in [-0.39, 0.29) is 24.4 Å². The van der Waals surface area contributed by atoms with E-state index in [0.717, 1.165) is 11.4 Å². The van der Waals surface area contributed by atoms with Crippen molar-refractivity contribution in [1.82, 2.24) is 0 Å². The fraction of sp³-hybridized carbons (Fsp3) is 0.156. The second kappa shape index (κ2) is 12.3. The number of benzene rings is 4. The van der Waals surface area contributed by atoms with Crippen molar-refractivity contribution in [2.75, 3.05) is 16.8 Å². The highest BCUT2D eigenvalue weighted by Gasteiger charge is 2.42. The van der Waals surface area contributed by atoms with Crippen LogP contribution in [-0.4, -0.2) is 22.4 Å². The van der Waals surface area contributed by atoms with Gasteiger partial charge in [0.05, 0.1) is 34.1 Å². The average molecular weight is 565 g/mol. The minimum atomic E-state index is -0.837. The lowest BCUT2D eigenvalue weighted by atomic mass is 9.84. The van der Waals surface area contributed by atoms with E-state index in [0.29, 0.717) is 22.4 Å². The maximum absolute atomic E-state index is 13.8. The molecule has 4 aromatic carbocycles. The minimum Gasteiger partial charge on any atom is -0.463 e. The monoisotopic (exact) mass is 564 g/mol. The number of non-ortho nitro benzene ring substituents is 2. The highest BCUT2D eigenvalue weighted by molar-refractivity contribution is 5.93. The van der Waals surface area contributed by atoms with Crippen LogP contribution in [0.5, 0.6) is 0 Å².